The Bertz CT molecular complexity index is 449. The highest BCUT2D eigenvalue weighted by Gasteiger charge is 2.09. The maximum atomic E-state index is 11.9. The van der Waals surface area contributed by atoms with Crippen molar-refractivity contribution in [2.24, 2.45) is 5.92 Å². The number of rotatable bonds is 7. The zero-order valence-electron chi connectivity index (χ0n) is 13.4. The van der Waals surface area contributed by atoms with Crippen molar-refractivity contribution in [1.29, 1.82) is 0 Å². The molecule has 1 aromatic carbocycles. The van der Waals surface area contributed by atoms with Gasteiger partial charge in [-0.15, -0.1) is 0 Å². The summed E-state index contributed by atoms with van der Waals surface area (Å²) in [5.41, 5.74) is 1.84. The van der Waals surface area contributed by atoms with Crippen LogP contribution < -0.4 is 15.5 Å². The maximum Gasteiger partial charge on any atom is 0.319 e. The van der Waals surface area contributed by atoms with Crippen molar-refractivity contribution in [3.63, 3.8) is 0 Å². The Morgan fingerprint density at radius 3 is 2.71 bits per heavy atom. The smallest absolute Gasteiger partial charge is 0.319 e. The summed E-state index contributed by atoms with van der Waals surface area (Å²) in [5, 5.41) is 15.0. The molecule has 0 radical (unpaired) electrons. The van der Waals surface area contributed by atoms with Crippen molar-refractivity contribution in [2.75, 3.05) is 30.4 Å². The quantitative estimate of drug-likeness (QED) is 0.724. The Morgan fingerprint density at radius 2 is 2.10 bits per heavy atom. The minimum atomic E-state index is -0.342. The van der Waals surface area contributed by atoms with Crippen molar-refractivity contribution >= 4 is 17.4 Å². The Labute approximate surface area is 127 Å². The van der Waals surface area contributed by atoms with Gasteiger partial charge < -0.3 is 20.6 Å². The number of benzene rings is 1. The molecule has 0 fully saturated rings. The highest BCUT2D eigenvalue weighted by atomic mass is 16.3. The second-order valence-corrected chi connectivity index (χ2v) is 5.59. The topological polar surface area (TPSA) is 64.6 Å². The van der Waals surface area contributed by atoms with Crippen molar-refractivity contribution in [3.05, 3.63) is 24.3 Å². The van der Waals surface area contributed by atoms with Gasteiger partial charge >= 0.3 is 6.03 Å². The first-order valence-electron chi connectivity index (χ1n) is 7.46. The molecule has 5 nitrogen and oxygen atoms in total. The zero-order valence-corrected chi connectivity index (χ0v) is 13.4. The Balaban J connectivity index is 2.48. The van der Waals surface area contributed by atoms with Crippen LogP contribution in [0.1, 0.15) is 27.2 Å². The molecule has 0 unspecified atom stereocenters. The summed E-state index contributed by atoms with van der Waals surface area (Å²) in [4.78, 5) is 14.0. The van der Waals surface area contributed by atoms with Gasteiger partial charge in [-0.25, -0.2) is 4.79 Å². The third-order valence-electron chi connectivity index (χ3n) is 3.37. The van der Waals surface area contributed by atoms with E-state index in [1.807, 2.05) is 38.2 Å². The predicted molar refractivity (Wildman–Crippen MR) is 87.9 cm³/mol. The fraction of sp³-hybridized carbons (Fsp3) is 0.562. The molecule has 0 aliphatic heterocycles. The Kier molecular flexibility index (Phi) is 7.02. The van der Waals surface area contributed by atoms with Gasteiger partial charge in [-0.2, -0.15) is 0 Å². The average molecular weight is 293 g/mol. The third kappa shape index (κ3) is 6.49. The van der Waals surface area contributed by atoms with Gasteiger partial charge in [0.15, 0.2) is 0 Å². The van der Waals surface area contributed by atoms with E-state index < -0.39 is 0 Å². The van der Waals surface area contributed by atoms with Crippen LogP contribution in [0.3, 0.4) is 0 Å². The van der Waals surface area contributed by atoms with E-state index in [0.29, 0.717) is 13.0 Å². The molecule has 2 amide bonds. The van der Waals surface area contributed by atoms with Gasteiger partial charge in [0.05, 0.1) is 6.10 Å². The Morgan fingerprint density at radius 1 is 1.38 bits per heavy atom. The van der Waals surface area contributed by atoms with Crippen LogP contribution in [-0.2, 0) is 0 Å². The third-order valence-corrected chi connectivity index (χ3v) is 3.37. The number of aliphatic hydroxyl groups is 1. The lowest BCUT2D eigenvalue weighted by atomic mass is 10.1. The molecule has 21 heavy (non-hydrogen) atoms. The van der Waals surface area contributed by atoms with Gasteiger partial charge in [0.2, 0.25) is 0 Å². The van der Waals surface area contributed by atoms with Gasteiger partial charge in [0.1, 0.15) is 0 Å². The summed E-state index contributed by atoms with van der Waals surface area (Å²) in [7, 11) is 2.01. The van der Waals surface area contributed by atoms with Crippen LogP contribution in [0.2, 0.25) is 0 Å². The van der Waals surface area contributed by atoms with Gasteiger partial charge in [-0.1, -0.05) is 13.0 Å². The van der Waals surface area contributed by atoms with E-state index in [0.717, 1.165) is 17.9 Å². The van der Waals surface area contributed by atoms with Gasteiger partial charge in [-0.05, 0) is 44.4 Å². The zero-order chi connectivity index (χ0) is 15.8. The number of nitrogens with zero attached hydrogens (tertiary/aromatic N) is 1. The summed E-state index contributed by atoms with van der Waals surface area (Å²) in [5.74, 6) is 0.244. The molecule has 0 bridgehead atoms. The molecular formula is C16H27N3O2. The second-order valence-electron chi connectivity index (χ2n) is 5.59. The summed E-state index contributed by atoms with van der Waals surface area (Å²) in [6.07, 6.45) is 0.336. The number of anilines is 2. The molecule has 5 heteroatoms. The fourth-order valence-corrected chi connectivity index (χ4v) is 2.11. The van der Waals surface area contributed by atoms with Crippen LogP contribution in [0.25, 0.3) is 0 Å². The highest BCUT2D eigenvalue weighted by molar-refractivity contribution is 5.89. The molecule has 0 aliphatic carbocycles. The molecular weight excluding hydrogens is 266 g/mol. The monoisotopic (exact) mass is 293 g/mol. The van der Waals surface area contributed by atoms with Crippen LogP contribution in [0.15, 0.2) is 24.3 Å². The lowest BCUT2D eigenvalue weighted by molar-refractivity contribution is 0.163. The summed E-state index contributed by atoms with van der Waals surface area (Å²) in [6, 6.07) is 7.53. The van der Waals surface area contributed by atoms with Crippen LogP contribution in [0.4, 0.5) is 16.2 Å². The second kappa shape index (κ2) is 8.52. The van der Waals surface area contributed by atoms with Gasteiger partial charge in [0.25, 0.3) is 0 Å². The molecule has 3 N–H and O–H groups in total. The first-order chi connectivity index (χ1) is 9.92. The number of nitrogens with one attached hydrogen (secondary N) is 2. The van der Waals surface area contributed by atoms with E-state index in [9.17, 15) is 9.90 Å². The van der Waals surface area contributed by atoms with E-state index in [4.69, 9.17) is 0 Å². The first kappa shape index (κ1) is 17.3. The van der Waals surface area contributed by atoms with E-state index in [1.165, 1.54) is 0 Å². The predicted octanol–water partition coefficient (Wildman–Crippen LogP) is 2.67. The molecule has 0 saturated heterocycles. The molecule has 0 aliphatic rings. The number of urea groups is 1. The van der Waals surface area contributed by atoms with Crippen LogP contribution in [-0.4, -0.2) is 37.4 Å². The van der Waals surface area contributed by atoms with E-state index in [2.05, 4.69) is 22.5 Å². The van der Waals surface area contributed by atoms with Crippen molar-refractivity contribution in [1.82, 2.24) is 5.32 Å². The van der Waals surface area contributed by atoms with Crippen LogP contribution in [0.5, 0.6) is 0 Å². The van der Waals surface area contributed by atoms with Crippen molar-refractivity contribution in [3.8, 4) is 0 Å². The number of carbonyl (C=O) groups is 1. The summed E-state index contributed by atoms with van der Waals surface area (Å²) >= 11 is 0. The fourth-order valence-electron chi connectivity index (χ4n) is 2.11. The van der Waals surface area contributed by atoms with E-state index in [1.54, 1.807) is 6.92 Å². The first-order valence-corrected chi connectivity index (χ1v) is 7.46. The molecule has 2 atom stereocenters. The average Bonchev–Trinajstić information content (AvgIpc) is 2.44. The van der Waals surface area contributed by atoms with Gasteiger partial charge in [0, 0.05) is 31.5 Å². The SMILES string of the molecule is CCN(C)c1cccc(NC(=O)NC[C@@H](C)C[C@@H](C)O)c1. The van der Waals surface area contributed by atoms with Crippen molar-refractivity contribution in [2.45, 2.75) is 33.3 Å². The van der Waals surface area contributed by atoms with E-state index >= 15 is 0 Å². The lowest BCUT2D eigenvalue weighted by Crippen LogP contribution is -2.33. The summed E-state index contributed by atoms with van der Waals surface area (Å²) in [6.45, 7) is 7.30. The number of amides is 2. The minimum Gasteiger partial charge on any atom is -0.393 e. The normalized spacial score (nSPS) is 13.4. The molecule has 0 saturated carbocycles. The van der Waals surface area contributed by atoms with Crippen LogP contribution in [0, 0.1) is 5.92 Å². The minimum absolute atomic E-state index is 0.219. The summed E-state index contributed by atoms with van der Waals surface area (Å²) < 4.78 is 0. The number of aliphatic hydroxyl groups excluding tert-OH is 1. The van der Waals surface area contributed by atoms with Crippen LogP contribution >= 0.6 is 0 Å². The molecule has 118 valence electrons. The highest BCUT2D eigenvalue weighted by Crippen LogP contribution is 2.18. The maximum absolute atomic E-state index is 11.9. The van der Waals surface area contributed by atoms with Gasteiger partial charge in [-0.3, -0.25) is 0 Å². The molecule has 1 aromatic rings. The molecule has 1 rings (SSSR count). The molecule has 0 heterocycles. The lowest BCUT2D eigenvalue weighted by Gasteiger charge is -2.18. The Hall–Kier alpha value is -1.75. The van der Waals surface area contributed by atoms with Crippen molar-refractivity contribution < 1.29 is 9.90 Å². The molecule has 0 spiro atoms. The standard InChI is InChI=1S/C16H27N3O2/c1-5-19(4)15-8-6-7-14(10-15)18-16(21)17-11-12(2)9-13(3)20/h6-8,10,12-13,20H,5,9,11H2,1-4H3,(H2,17,18,21)/t12-,13+/m0/s1. The number of hydrogen-bond donors (Lipinski definition) is 3. The molecule has 0 aromatic heterocycles. The largest absolute Gasteiger partial charge is 0.393 e. The number of hydrogen-bond acceptors (Lipinski definition) is 3. The van der Waals surface area contributed by atoms with E-state index in [-0.39, 0.29) is 18.1 Å². The number of carbonyl (C=O) groups excluding carboxylic acids is 1.